The number of hydrogen-bond donors (Lipinski definition) is 2. The minimum absolute atomic E-state index is 0.00663. The molecular formula is C15H22N2O3. The van der Waals surface area contributed by atoms with E-state index in [0.29, 0.717) is 17.1 Å². The first-order chi connectivity index (χ1) is 9.62. The summed E-state index contributed by atoms with van der Waals surface area (Å²) in [5, 5.41) is 7.53. The molecule has 0 heterocycles. The number of methoxy groups -OCH3 is 2. The van der Waals surface area contributed by atoms with Gasteiger partial charge in [0.25, 0.3) is 0 Å². The lowest BCUT2D eigenvalue weighted by atomic mass is 9.95. The molecule has 5 nitrogen and oxygen atoms in total. The highest BCUT2D eigenvalue weighted by Crippen LogP contribution is 2.28. The summed E-state index contributed by atoms with van der Waals surface area (Å²) < 4.78 is 16.6. The Bertz CT molecular complexity index is 476. The Morgan fingerprint density at radius 3 is 2.50 bits per heavy atom. The monoisotopic (exact) mass is 278 g/mol. The molecule has 1 aliphatic rings. The van der Waals surface area contributed by atoms with Crippen molar-refractivity contribution in [2.45, 2.75) is 37.9 Å². The number of benzene rings is 1. The molecule has 2 rings (SSSR count). The molecule has 20 heavy (non-hydrogen) atoms. The lowest BCUT2D eigenvalue weighted by Gasteiger charge is -2.28. The van der Waals surface area contributed by atoms with Crippen LogP contribution in [0.25, 0.3) is 0 Å². The van der Waals surface area contributed by atoms with E-state index in [1.165, 1.54) is 0 Å². The van der Waals surface area contributed by atoms with Crippen LogP contribution in [0.3, 0.4) is 0 Å². The Balaban J connectivity index is 2.11. The van der Waals surface area contributed by atoms with Crippen molar-refractivity contribution in [2.24, 2.45) is 5.73 Å². The van der Waals surface area contributed by atoms with E-state index < -0.39 is 0 Å². The third-order valence-electron chi connectivity index (χ3n) is 3.64. The van der Waals surface area contributed by atoms with Gasteiger partial charge in [0, 0.05) is 25.2 Å². The maximum absolute atomic E-state index is 7.53. The zero-order valence-corrected chi connectivity index (χ0v) is 12.0. The fourth-order valence-corrected chi connectivity index (χ4v) is 2.53. The molecule has 1 aliphatic carbocycles. The summed E-state index contributed by atoms with van der Waals surface area (Å²) in [5.74, 6) is 1.34. The highest BCUT2D eigenvalue weighted by molar-refractivity contribution is 5.95. The average Bonchev–Trinajstić information content (AvgIpc) is 2.47. The fraction of sp³-hybridized carbons (Fsp3) is 0.533. The molecule has 1 aromatic rings. The highest BCUT2D eigenvalue weighted by atomic mass is 16.5. The minimum Gasteiger partial charge on any atom is -0.497 e. The van der Waals surface area contributed by atoms with Crippen molar-refractivity contribution in [1.29, 1.82) is 5.41 Å². The van der Waals surface area contributed by atoms with Gasteiger partial charge in [-0.05, 0) is 31.4 Å². The van der Waals surface area contributed by atoms with Gasteiger partial charge >= 0.3 is 0 Å². The maximum atomic E-state index is 7.53. The Kier molecular flexibility index (Phi) is 4.84. The Labute approximate surface area is 119 Å². The molecule has 0 aliphatic heterocycles. The number of nitrogen functional groups attached to an aromatic ring is 1. The van der Waals surface area contributed by atoms with Gasteiger partial charge in [0.05, 0.1) is 13.2 Å². The molecule has 0 amide bonds. The molecule has 2 atom stereocenters. The first-order valence-electron chi connectivity index (χ1n) is 6.85. The van der Waals surface area contributed by atoms with E-state index in [0.717, 1.165) is 25.7 Å². The van der Waals surface area contributed by atoms with Gasteiger partial charge < -0.3 is 19.9 Å². The van der Waals surface area contributed by atoms with Gasteiger partial charge in [0.2, 0.25) is 0 Å². The lowest BCUT2D eigenvalue weighted by Crippen LogP contribution is -2.29. The van der Waals surface area contributed by atoms with Crippen molar-refractivity contribution in [3.63, 3.8) is 0 Å². The topological polar surface area (TPSA) is 77.6 Å². The summed E-state index contributed by atoms with van der Waals surface area (Å²) in [6.45, 7) is 0. The number of hydrogen-bond acceptors (Lipinski definition) is 4. The van der Waals surface area contributed by atoms with Crippen LogP contribution >= 0.6 is 0 Å². The smallest absolute Gasteiger partial charge is 0.124 e. The van der Waals surface area contributed by atoms with E-state index in [1.807, 2.05) is 6.07 Å². The molecule has 0 spiro atoms. The number of nitrogens with one attached hydrogen (secondary N) is 1. The van der Waals surface area contributed by atoms with Gasteiger partial charge in [-0.15, -0.1) is 0 Å². The van der Waals surface area contributed by atoms with E-state index in [4.69, 9.17) is 25.4 Å². The number of nitrogens with two attached hydrogens (primary N) is 1. The molecule has 1 saturated carbocycles. The molecule has 2 unspecified atom stereocenters. The highest BCUT2D eigenvalue weighted by Gasteiger charge is 2.23. The van der Waals surface area contributed by atoms with Crippen molar-refractivity contribution in [1.82, 2.24) is 0 Å². The first kappa shape index (κ1) is 14.7. The lowest BCUT2D eigenvalue weighted by molar-refractivity contribution is 0.0209. The largest absolute Gasteiger partial charge is 0.497 e. The molecule has 110 valence electrons. The van der Waals surface area contributed by atoms with E-state index in [2.05, 4.69) is 0 Å². The molecule has 5 heteroatoms. The normalized spacial score (nSPS) is 22.3. The zero-order valence-electron chi connectivity index (χ0n) is 12.0. The van der Waals surface area contributed by atoms with Crippen LogP contribution in [0.4, 0.5) is 0 Å². The molecule has 1 fully saturated rings. The summed E-state index contributed by atoms with van der Waals surface area (Å²) in [4.78, 5) is 0. The van der Waals surface area contributed by atoms with Crippen LogP contribution in [-0.2, 0) is 4.74 Å². The summed E-state index contributed by atoms with van der Waals surface area (Å²) in [6, 6.07) is 5.33. The van der Waals surface area contributed by atoms with Crippen molar-refractivity contribution in [2.75, 3.05) is 14.2 Å². The Morgan fingerprint density at radius 2 is 1.85 bits per heavy atom. The SMILES string of the molecule is COc1cc(OC2CCCC(OC)C2)cc(C(=N)N)c1. The van der Waals surface area contributed by atoms with Crippen LogP contribution < -0.4 is 15.2 Å². The standard InChI is InChI=1S/C15H22N2O3/c1-18-11-4-3-5-12(8-11)20-14-7-10(15(16)17)6-13(9-14)19-2/h6-7,9,11-12H,3-5,8H2,1-2H3,(H3,16,17). The molecule has 0 aromatic heterocycles. The molecule has 0 saturated heterocycles. The third kappa shape index (κ3) is 3.63. The Morgan fingerprint density at radius 1 is 1.15 bits per heavy atom. The van der Waals surface area contributed by atoms with Crippen LogP contribution in [0.5, 0.6) is 11.5 Å². The predicted molar refractivity (Wildman–Crippen MR) is 77.7 cm³/mol. The minimum atomic E-state index is 0.00663. The van der Waals surface area contributed by atoms with E-state index in [-0.39, 0.29) is 18.0 Å². The van der Waals surface area contributed by atoms with Crippen LogP contribution in [0.1, 0.15) is 31.2 Å². The maximum Gasteiger partial charge on any atom is 0.124 e. The molecular weight excluding hydrogens is 256 g/mol. The molecule has 1 aromatic carbocycles. The molecule has 3 N–H and O–H groups in total. The second-order valence-corrected chi connectivity index (χ2v) is 5.08. The van der Waals surface area contributed by atoms with Gasteiger partial charge in [-0.2, -0.15) is 0 Å². The van der Waals surface area contributed by atoms with Gasteiger partial charge in [0.1, 0.15) is 23.4 Å². The summed E-state index contributed by atoms with van der Waals surface area (Å²) in [7, 11) is 3.33. The van der Waals surface area contributed by atoms with Crippen molar-refractivity contribution in [3.05, 3.63) is 23.8 Å². The summed E-state index contributed by atoms with van der Waals surface area (Å²) >= 11 is 0. The van der Waals surface area contributed by atoms with Crippen LogP contribution in [-0.4, -0.2) is 32.3 Å². The number of rotatable bonds is 5. The predicted octanol–water partition coefficient (Wildman–Crippen LogP) is 2.32. The fourth-order valence-electron chi connectivity index (χ4n) is 2.53. The van der Waals surface area contributed by atoms with E-state index >= 15 is 0 Å². The molecule has 0 radical (unpaired) electrons. The van der Waals surface area contributed by atoms with Gasteiger partial charge in [-0.25, -0.2) is 0 Å². The second-order valence-electron chi connectivity index (χ2n) is 5.08. The van der Waals surface area contributed by atoms with Gasteiger partial charge in [-0.1, -0.05) is 0 Å². The van der Waals surface area contributed by atoms with Crippen LogP contribution in [0.15, 0.2) is 18.2 Å². The van der Waals surface area contributed by atoms with Gasteiger partial charge in [0.15, 0.2) is 0 Å². The van der Waals surface area contributed by atoms with Crippen molar-refractivity contribution < 1.29 is 14.2 Å². The summed E-state index contributed by atoms with van der Waals surface area (Å²) in [5.41, 5.74) is 6.14. The summed E-state index contributed by atoms with van der Waals surface area (Å²) in [6.07, 6.45) is 4.52. The number of ether oxygens (including phenoxy) is 3. The zero-order chi connectivity index (χ0) is 14.5. The third-order valence-corrected chi connectivity index (χ3v) is 3.64. The second kappa shape index (κ2) is 6.61. The van der Waals surface area contributed by atoms with E-state index in [1.54, 1.807) is 26.4 Å². The molecule has 0 bridgehead atoms. The van der Waals surface area contributed by atoms with Crippen LogP contribution in [0.2, 0.25) is 0 Å². The van der Waals surface area contributed by atoms with Gasteiger partial charge in [-0.3, -0.25) is 5.41 Å². The van der Waals surface area contributed by atoms with E-state index in [9.17, 15) is 0 Å². The van der Waals surface area contributed by atoms with Crippen molar-refractivity contribution in [3.8, 4) is 11.5 Å². The number of amidine groups is 1. The first-order valence-corrected chi connectivity index (χ1v) is 6.85. The van der Waals surface area contributed by atoms with Crippen molar-refractivity contribution >= 4 is 5.84 Å². The van der Waals surface area contributed by atoms with Crippen LogP contribution in [0, 0.1) is 5.41 Å². The quantitative estimate of drug-likeness (QED) is 0.640. The Hall–Kier alpha value is -1.75. The average molecular weight is 278 g/mol.